The van der Waals surface area contributed by atoms with Gasteiger partial charge in [0.25, 0.3) is 0 Å². The average Bonchev–Trinajstić information content (AvgIpc) is 2.65. The van der Waals surface area contributed by atoms with Crippen LogP contribution in [0.5, 0.6) is 0 Å². The molecule has 28 heavy (non-hydrogen) atoms. The zero-order valence-electron chi connectivity index (χ0n) is 15.6. The van der Waals surface area contributed by atoms with Gasteiger partial charge in [0.15, 0.2) is 10.2 Å². The largest absolute Gasteiger partial charge is 0.405 e. The van der Waals surface area contributed by atoms with E-state index in [1.165, 1.54) is 0 Å². The smallest absolute Gasteiger partial charge is 0.388 e. The Balaban J connectivity index is 2.97. The van der Waals surface area contributed by atoms with Gasteiger partial charge in [-0.2, -0.15) is 23.4 Å². The van der Waals surface area contributed by atoms with Gasteiger partial charge in [0, 0.05) is 24.8 Å². The number of hydrogen-bond acceptors (Lipinski definition) is 5. The van der Waals surface area contributed by atoms with Crippen LogP contribution in [0.3, 0.4) is 0 Å². The van der Waals surface area contributed by atoms with Gasteiger partial charge in [-0.3, -0.25) is 10.9 Å². The number of benzene rings is 1. The van der Waals surface area contributed by atoms with Crippen LogP contribution in [0.25, 0.3) is 0 Å². The van der Waals surface area contributed by atoms with Crippen molar-refractivity contribution in [3.05, 3.63) is 29.8 Å². The molecule has 0 radical (unpaired) electrons. The molecule has 12 heteroatoms. The molecule has 0 heterocycles. The Morgan fingerprint density at radius 3 is 2.11 bits per heavy atom. The second-order valence-corrected chi connectivity index (χ2v) is 6.18. The minimum atomic E-state index is -4.38. The highest BCUT2D eigenvalue weighted by atomic mass is 32.1. The number of nitrogens with one attached hydrogen (secondary N) is 5. The average molecular weight is 434 g/mol. The Morgan fingerprint density at radius 1 is 1.00 bits per heavy atom. The molecule has 0 aliphatic heterocycles. The predicted octanol–water partition coefficient (Wildman–Crippen LogP) is 2.32. The summed E-state index contributed by atoms with van der Waals surface area (Å²) in [7, 11) is 1.80. The van der Waals surface area contributed by atoms with Crippen LogP contribution in [0.1, 0.15) is 19.4 Å². The maximum absolute atomic E-state index is 12.2. The van der Waals surface area contributed by atoms with E-state index < -0.39 is 12.7 Å². The molecule has 7 nitrogen and oxygen atoms in total. The zero-order chi connectivity index (χ0) is 21.2. The van der Waals surface area contributed by atoms with Crippen molar-refractivity contribution < 1.29 is 13.2 Å². The van der Waals surface area contributed by atoms with Gasteiger partial charge >= 0.3 is 6.18 Å². The van der Waals surface area contributed by atoms with E-state index in [9.17, 15) is 13.2 Å². The van der Waals surface area contributed by atoms with Crippen LogP contribution in [-0.2, 0) is 0 Å². The summed E-state index contributed by atoms with van der Waals surface area (Å²) in [6.07, 6.45) is -4.38. The van der Waals surface area contributed by atoms with Crippen molar-refractivity contribution in [2.75, 3.05) is 25.5 Å². The van der Waals surface area contributed by atoms with Gasteiger partial charge < -0.3 is 16.0 Å². The van der Waals surface area contributed by atoms with E-state index in [4.69, 9.17) is 24.4 Å². The molecule has 0 aromatic heterocycles. The van der Waals surface area contributed by atoms with Gasteiger partial charge in [-0.25, -0.2) is 0 Å². The summed E-state index contributed by atoms with van der Waals surface area (Å²) < 4.78 is 36.7. The first-order valence-electron chi connectivity index (χ1n) is 8.21. The molecule has 0 amide bonds. The molecule has 0 atom stereocenters. The fraction of sp³-hybridized carbons (Fsp3) is 0.375. The first-order chi connectivity index (χ1) is 13.2. The van der Waals surface area contributed by atoms with Gasteiger partial charge in [-0.1, -0.05) is 12.1 Å². The lowest BCUT2D eigenvalue weighted by Gasteiger charge is -2.12. The standard InChI is InChI=1S/C16H22F3N7S2/c1-4-21-14(27)26-24-13(11-5-7-12(20-3)8-6-11)10(2)23-25-15(28)22-9-16(17,18)19/h5-8,20H,4,9H2,1-3H3,(H2,21,26,27)(H2,22,25,28). The van der Waals surface area contributed by atoms with Gasteiger partial charge in [0.05, 0.1) is 5.71 Å². The molecule has 0 aliphatic carbocycles. The maximum Gasteiger partial charge on any atom is 0.405 e. The van der Waals surface area contributed by atoms with Crippen molar-refractivity contribution in [1.29, 1.82) is 0 Å². The quantitative estimate of drug-likeness (QED) is 0.256. The number of rotatable bonds is 7. The lowest BCUT2D eigenvalue weighted by atomic mass is 10.1. The van der Waals surface area contributed by atoms with E-state index >= 15 is 0 Å². The van der Waals surface area contributed by atoms with E-state index in [0.717, 1.165) is 11.3 Å². The summed E-state index contributed by atoms with van der Waals surface area (Å²) >= 11 is 9.88. The lowest BCUT2D eigenvalue weighted by molar-refractivity contribution is -0.122. The van der Waals surface area contributed by atoms with Gasteiger partial charge in [-0.15, -0.1) is 0 Å². The van der Waals surface area contributed by atoms with Gasteiger partial charge in [0.2, 0.25) is 0 Å². The van der Waals surface area contributed by atoms with Crippen LogP contribution < -0.4 is 26.8 Å². The molecule has 5 N–H and O–H groups in total. The monoisotopic (exact) mass is 433 g/mol. The SMILES string of the molecule is CCNC(=S)NN=C(C(C)=NNC(=S)NCC(F)(F)F)c1ccc(NC)cc1. The summed E-state index contributed by atoms with van der Waals surface area (Å²) in [6.45, 7) is 2.91. The molecule has 0 fully saturated rings. The Kier molecular flexibility index (Phi) is 9.59. The van der Waals surface area contributed by atoms with Crippen molar-refractivity contribution in [2.24, 2.45) is 10.2 Å². The fourth-order valence-corrected chi connectivity index (χ4v) is 2.17. The number of hydrazone groups is 2. The third kappa shape index (κ3) is 8.95. The van der Waals surface area contributed by atoms with Crippen LogP contribution in [0.15, 0.2) is 34.5 Å². The van der Waals surface area contributed by atoms with Crippen LogP contribution in [0.4, 0.5) is 18.9 Å². The van der Waals surface area contributed by atoms with Gasteiger partial charge in [0.1, 0.15) is 12.3 Å². The van der Waals surface area contributed by atoms with Crippen molar-refractivity contribution >= 4 is 51.8 Å². The first kappa shape index (κ1) is 23.6. The Bertz CT molecular complexity index is 731. The van der Waals surface area contributed by atoms with Crippen molar-refractivity contribution in [2.45, 2.75) is 20.0 Å². The third-order valence-corrected chi connectivity index (χ3v) is 3.64. The van der Waals surface area contributed by atoms with Crippen LogP contribution in [-0.4, -0.2) is 48.0 Å². The van der Waals surface area contributed by atoms with Crippen molar-refractivity contribution in [3.63, 3.8) is 0 Å². The van der Waals surface area contributed by atoms with E-state index in [-0.39, 0.29) is 5.11 Å². The van der Waals surface area contributed by atoms with Crippen LogP contribution in [0, 0.1) is 0 Å². The summed E-state index contributed by atoms with van der Waals surface area (Å²) in [5.74, 6) is 0. The fourth-order valence-electron chi connectivity index (χ4n) is 1.86. The van der Waals surface area contributed by atoms with E-state index in [1.54, 1.807) is 14.0 Å². The molecule has 0 saturated heterocycles. The predicted molar refractivity (Wildman–Crippen MR) is 115 cm³/mol. The van der Waals surface area contributed by atoms with E-state index in [1.807, 2.05) is 36.5 Å². The molecular formula is C16H22F3N7S2. The van der Waals surface area contributed by atoms with Crippen molar-refractivity contribution in [3.8, 4) is 0 Å². The van der Waals surface area contributed by atoms with Crippen LogP contribution >= 0.6 is 24.4 Å². The molecule has 0 aliphatic rings. The second kappa shape index (κ2) is 11.4. The molecule has 154 valence electrons. The highest BCUT2D eigenvalue weighted by Gasteiger charge is 2.26. The molecule has 0 unspecified atom stereocenters. The number of anilines is 1. The lowest BCUT2D eigenvalue weighted by Crippen LogP contribution is -2.39. The number of thiocarbonyl (C=S) groups is 2. The van der Waals surface area contributed by atoms with Crippen LogP contribution in [0.2, 0.25) is 0 Å². The molecule has 0 saturated carbocycles. The molecule has 1 aromatic carbocycles. The molecule has 0 bridgehead atoms. The van der Waals surface area contributed by atoms with Gasteiger partial charge in [-0.05, 0) is 50.4 Å². The number of hydrogen-bond donors (Lipinski definition) is 5. The number of halogens is 3. The molecule has 1 rings (SSSR count). The minimum Gasteiger partial charge on any atom is -0.388 e. The topological polar surface area (TPSA) is 84.9 Å². The second-order valence-electron chi connectivity index (χ2n) is 5.37. The van der Waals surface area contributed by atoms with E-state index in [0.29, 0.717) is 23.1 Å². The summed E-state index contributed by atoms with van der Waals surface area (Å²) in [4.78, 5) is 0. The normalized spacial score (nSPS) is 12.2. The summed E-state index contributed by atoms with van der Waals surface area (Å²) in [5, 5.41) is 16.3. The Hall–Kier alpha value is -2.47. The molecule has 1 aromatic rings. The Labute approximate surface area is 172 Å². The highest BCUT2D eigenvalue weighted by molar-refractivity contribution is 7.80. The molecule has 0 spiro atoms. The number of nitrogens with zero attached hydrogens (tertiary/aromatic N) is 2. The Morgan fingerprint density at radius 2 is 1.57 bits per heavy atom. The first-order valence-corrected chi connectivity index (χ1v) is 9.03. The van der Waals surface area contributed by atoms with E-state index in [2.05, 4.69) is 31.7 Å². The third-order valence-electron chi connectivity index (χ3n) is 3.17. The summed E-state index contributed by atoms with van der Waals surface area (Å²) in [5.41, 5.74) is 7.55. The maximum atomic E-state index is 12.2. The molecular weight excluding hydrogens is 411 g/mol. The zero-order valence-corrected chi connectivity index (χ0v) is 17.2. The highest BCUT2D eigenvalue weighted by Crippen LogP contribution is 2.12. The number of alkyl halides is 3. The van der Waals surface area contributed by atoms with Crippen molar-refractivity contribution in [1.82, 2.24) is 21.5 Å². The minimum absolute atomic E-state index is 0.252. The summed E-state index contributed by atoms with van der Waals surface area (Å²) in [6, 6.07) is 7.34.